The van der Waals surface area contributed by atoms with E-state index < -0.39 is 12.0 Å². The fourth-order valence-electron chi connectivity index (χ4n) is 2.88. The van der Waals surface area contributed by atoms with Gasteiger partial charge >= 0.3 is 5.97 Å². The van der Waals surface area contributed by atoms with Crippen molar-refractivity contribution in [1.82, 2.24) is 15.1 Å². The Labute approximate surface area is 148 Å². The lowest BCUT2D eigenvalue weighted by molar-refractivity contribution is -0.145. The number of hydrogen-bond acceptors (Lipinski definition) is 4. The van der Waals surface area contributed by atoms with Gasteiger partial charge in [0.25, 0.3) is 5.91 Å². The number of amides is 1. The summed E-state index contributed by atoms with van der Waals surface area (Å²) in [7, 11) is 1.78. The van der Waals surface area contributed by atoms with E-state index in [-0.39, 0.29) is 12.5 Å². The van der Waals surface area contributed by atoms with Crippen LogP contribution in [0.1, 0.15) is 51.4 Å². The number of aryl methyl sites for hydroxylation is 3. The number of benzene rings is 1. The Balaban J connectivity index is 2.41. The Bertz CT molecular complexity index is 808. The lowest BCUT2D eigenvalue weighted by Gasteiger charge is -2.20. The Morgan fingerprint density at radius 3 is 2.48 bits per heavy atom. The fraction of sp³-hybridized carbons (Fsp3) is 0.421. The van der Waals surface area contributed by atoms with Crippen molar-refractivity contribution in [2.75, 3.05) is 6.61 Å². The van der Waals surface area contributed by atoms with Gasteiger partial charge in [-0.2, -0.15) is 5.10 Å². The van der Waals surface area contributed by atoms with Crippen molar-refractivity contribution < 1.29 is 14.3 Å². The van der Waals surface area contributed by atoms with Crippen LogP contribution in [0.25, 0.3) is 0 Å². The van der Waals surface area contributed by atoms with E-state index in [1.54, 1.807) is 25.6 Å². The van der Waals surface area contributed by atoms with Crippen LogP contribution in [0.5, 0.6) is 0 Å². The van der Waals surface area contributed by atoms with E-state index in [2.05, 4.69) is 10.4 Å². The smallest absolute Gasteiger partial charge is 0.333 e. The van der Waals surface area contributed by atoms with Gasteiger partial charge in [0, 0.05) is 12.7 Å². The Morgan fingerprint density at radius 1 is 1.24 bits per heavy atom. The zero-order valence-corrected chi connectivity index (χ0v) is 15.6. The van der Waals surface area contributed by atoms with Crippen molar-refractivity contribution >= 4 is 11.9 Å². The summed E-state index contributed by atoms with van der Waals surface area (Å²) >= 11 is 0. The first-order valence-corrected chi connectivity index (χ1v) is 8.31. The average Bonchev–Trinajstić information content (AvgIpc) is 2.80. The van der Waals surface area contributed by atoms with Gasteiger partial charge in [-0.3, -0.25) is 9.48 Å². The largest absolute Gasteiger partial charge is 0.464 e. The topological polar surface area (TPSA) is 73.2 Å². The summed E-state index contributed by atoms with van der Waals surface area (Å²) in [5.41, 5.74) is 4.61. The first-order chi connectivity index (χ1) is 11.8. The molecule has 2 rings (SSSR count). The zero-order valence-electron chi connectivity index (χ0n) is 15.6. The minimum absolute atomic E-state index is 0.251. The molecule has 25 heavy (non-hydrogen) atoms. The first kappa shape index (κ1) is 18.7. The van der Waals surface area contributed by atoms with Gasteiger partial charge in [-0.1, -0.05) is 18.2 Å². The number of rotatable bonds is 5. The summed E-state index contributed by atoms with van der Waals surface area (Å²) in [5.74, 6) is -0.800. The second-order valence-electron chi connectivity index (χ2n) is 6.12. The lowest BCUT2D eigenvalue weighted by Crippen LogP contribution is -2.36. The van der Waals surface area contributed by atoms with Crippen molar-refractivity contribution in [3.63, 3.8) is 0 Å². The minimum atomic E-state index is -0.855. The van der Waals surface area contributed by atoms with Gasteiger partial charge in [0.1, 0.15) is 0 Å². The van der Waals surface area contributed by atoms with Crippen molar-refractivity contribution in [3.8, 4) is 0 Å². The third kappa shape index (κ3) is 3.73. The number of nitrogens with zero attached hydrogens (tertiary/aromatic N) is 2. The van der Waals surface area contributed by atoms with Crippen LogP contribution in [0.4, 0.5) is 0 Å². The molecule has 0 bridgehead atoms. The molecule has 0 aliphatic carbocycles. The monoisotopic (exact) mass is 343 g/mol. The highest BCUT2D eigenvalue weighted by Crippen LogP contribution is 2.23. The molecule has 0 saturated heterocycles. The van der Waals surface area contributed by atoms with E-state index >= 15 is 0 Å². The van der Waals surface area contributed by atoms with Crippen LogP contribution in [0.2, 0.25) is 0 Å². The molecule has 6 heteroatoms. The maximum atomic E-state index is 12.8. The normalized spacial score (nSPS) is 11.9. The summed E-state index contributed by atoms with van der Waals surface area (Å²) in [6.45, 7) is 9.50. The zero-order chi connectivity index (χ0) is 18.7. The predicted molar refractivity (Wildman–Crippen MR) is 95.4 cm³/mol. The number of hydrogen-bond donors (Lipinski definition) is 1. The molecule has 0 saturated carbocycles. The number of carbonyl (C=O) groups is 2. The second-order valence-corrected chi connectivity index (χ2v) is 6.12. The van der Waals surface area contributed by atoms with Crippen LogP contribution in [0, 0.1) is 27.7 Å². The Hall–Kier alpha value is -2.63. The molecule has 6 nitrogen and oxygen atoms in total. The quantitative estimate of drug-likeness (QED) is 0.847. The van der Waals surface area contributed by atoms with Crippen LogP contribution in [0.3, 0.4) is 0 Å². The van der Waals surface area contributed by atoms with Gasteiger partial charge in [0.15, 0.2) is 6.04 Å². The molecule has 0 unspecified atom stereocenters. The Morgan fingerprint density at radius 2 is 1.92 bits per heavy atom. The molecule has 0 aliphatic rings. The molecule has 0 radical (unpaired) electrons. The third-order valence-corrected chi connectivity index (χ3v) is 4.49. The highest BCUT2D eigenvalue weighted by molar-refractivity contribution is 5.99. The molecule has 1 N–H and O–H groups in total. The number of ether oxygens (including phenoxy) is 1. The summed E-state index contributed by atoms with van der Waals surface area (Å²) in [4.78, 5) is 25.3. The van der Waals surface area contributed by atoms with Crippen LogP contribution in [-0.4, -0.2) is 28.3 Å². The summed E-state index contributed by atoms with van der Waals surface area (Å²) in [5, 5.41) is 7.09. The van der Waals surface area contributed by atoms with Crippen molar-refractivity contribution in [2.45, 2.75) is 40.7 Å². The van der Waals surface area contributed by atoms with E-state index in [4.69, 9.17) is 4.74 Å². The number of nitrogens with one attached hydrogen (secondary N) is 1. The van der Waals surface area contributed by atoms with E-state index in [9.17, 15) is 9.59 Å². The first-order valence-electron chi connectivity index (χ1n) is 8.31. The highest BCUT2D eigenvalue weighted by Gasteiger charge is 2.28. The summed E-state index contributed by atoms with van der Waals surface area (Å²) < 4.78 is 6.84. The van der Waals surface area contributed by atoms with Crippen LogP contribution in [-0.2, 0) is 16.6 Å². The molecule has 0 fully saturated rings. The van der Waals surface area contributed by atoms with Gasteiger partial charge in [-0.15, -0.1) is 0 Å². The summed E-state index contributed by atoms with van der Waals surface area (Å²) in [6, 6.07) is 4.83. The molecule has 1 heterocycles. The van der Waals surface area contributed by atoms with Gasteiger partial charge < -0.3 is 10.1 Å². The van der Waals surface area contributed by atoms with E-state index in [0.717, 1.165) is 22.4 Å². The average molecular weight is 343 g/mol. The number of esters is 1. The molecule has 1 aromatic carbocycles. The van der Waals surface area contributed by atoms with Gasteiger partial charge in [0.2, 0.25) is 0 Å². The van der Waals surface area contributed by atoms with Gasteiger partial charge in [0.05, 0.1) is 17.9 Å². The van der Waals surface area contributed by atoms with Gasteiger partial charge in [-0.25, -0.2) is 4.79 Å². The van der Waals surface area contributed by atoms with E-state index in [1.807, 2.05) is 39.0 Å². The van der Waals surface area contributed by atoms with Crippen LogP contribution >= 0.6 is 0 Å². The molecule has 2 aromatic rings. The standard InChI is InChI=1S/C19H25N3O3/c1-7-25-19(24)17(15-10-8-9-11(2)12(15)3)20-18(23)16-13(4)21-22(6)14(16)5/h8-10,17H,7H2,1-6H3,(H,20,23)/t17-/m0/s1. The lowest BCUT2D eigenvalue weighted by atomic mass is 9.97. The SMILES string of the molecule is CCOC(=O)[C@@H](NC(=O)c1c(C)nn(C)c1C)c1cccc(C)c1C. The third-order valence-electron chi connectivity index (χ3n) is 4.49. The molecular formula is C19H25N3O3. The minimum Gasteiger partial charge on any atom is -0.464 e. The molecule has 0 spiro atoms. The fourth-order valence-corrected chi connectivity index (χ4v) is 2.88. The predicted octanol–water partition coefficient (Wildman–Crippen LogP) is 2.69. The van der Waals surface area contributed by atoms with Crippen molar-refractivity contribution in [2.24, 2.45) is 7.05 Å². The van der Waals surface area contributed by atoms with E-state index in [1.165, 1.54) is 0 Å². The van der Waals surface area contributed by atoms with E-state index in [0.29, 0.717) is 11.3 Å². The second kappa shape index (κ2) is 7.51. The summed E-state index contributed by atoms with van der Waals surface area (Å²) in [6.07, 6.45) is 0. The molecule has 0 aliphatic heterocycles. The molecular weight excluding hydrogens is 318 g/mol. The molecule has 1 atom stereocenters. The van der Waals surface area contributed by atoms with Gasteiger partial charge in [-0.05, 0) is 51.3 Å². The maximum Gasteiger partial charge on any atom is 0.333 e. The molecule has 1 amide bonds. The maximum absolute atomic E-state index is 12.8. The van der Waals surface area contributed by atoms with Crippen LogP contribution < -0.4 is 5.32 Å². The Kier molecular flexibility index (Phi) is 5.62. The van der Waals surface area contributed by atoms with Crippen molar-refractivity contribution in [1.29, 1.82) is 0 Å². The van der Waals surface area contributed by atoms with Crippen molar-refractivity contribution in [3.05, 3.63) is 51.8 Å². The van der Waals surface area contributed by atoms with Crippen LogP contribution in [0.15, 0.2) is 18.2 Å². The number of aromatic nitrogens is 2. The molecule has 134 valence electrons. The molecule has 1 aromatic heterocycles. The highest BCUT2D eigenvalue weighted by atomic mass is 16.5. The number of carbonyl (C=O) groups excluding carboxylic acids is 2.